The van der Waals surface area contributed by atoms with Gasteiger partial charge in [0.05, 0.1) is 23.6 Å². The lowest BCUT2D eigenvalue weighted by Gasteiger charge is -2.21. The summed E-state index contributed by atoms with van der Waals surface area (Å²) >= 11 is 0. The quantitative estimate of drug-likeness (QED) is 0.445. The molecule has 0 fully saturated rings. The number of sulfonamides is 1. The molecule has 8 nitrogen and oxygen atoms in total. The first-order valence-electron chi connectivity index (χ1n) is 11.2. The van der Waals surface area contributed by atoms with E-state index in [1.165, 1.54) is 18.0 Å². The highest BCUT2D eigenvalue weighted by atomic mass is 32.2. The summed E-state index contributed by atoms with van der Waals surface area (Å²) in [7, 11) is 0.379. The third kappa shape index (κ3) is 6.62. The van der Waals surface area contributed by atoms with Crippen LogP contribution >= 0.6 is 0 Å². The molecule has 1 aliphatic heterocycles. The van der Waals surface area contributed by atoms with Crippen LogP contribution in [-0.4, -0.2) is 88.3 Å². The number of likely N-dealkylation sites (N-methyl/N-ethyl adjacent to an activating group) is 3. The Morgan fingerprint density at radius 1 is 1.11 bits per heavy atom. The Labute approximate surface area is 209 Å². The van der Waals surface area contributed by atoms with Gasteiger partial charge in [-0.1, -0.05) is 36.4 Å². The molecule has 2 aromatic carbocycles. The average Bonchev–Trinajstić information content (AvgIpc) is 3.27. The number of hydrogen-bond acceptors (Lipinski definition) is 6. The maximum Gasteiger partial charge on any atom is 0.417 e. The van der Waals surface area contributed by atoms with Crippen LogP contribution in [0.1, 0.15) is 16.7 Å². The zero-order chi connectivity index (χ0) is 26.5. The number of carbonyl (C=O) groups excluding carboxylic acids is 1. The predicted octanol–water partition coefficient (Wildman–Crippen LogP) is 2.69. The molecule has 196 valence electrons. The van der Waals surface area contributed by atoms with E-state index in [9.17, 15) is 26.4 Å². The van der Waals surface area contributed by atoms with Crippen LogP contribution in [0.4, 0.5) is 13.2 Å². The molecular formula is C24H29F3N4O4S. The van der Waals surface area contributed by atoms with Gasteiger partial charge in [-0.25, -0.2) is 8.42 Å². The molecule has 12 heteroatoms. The van der Waals surface area contributed by atoms with Gasteiger partial charge in [0.25, 0.3) is 0 Å². The third-order valence-electron chi connectivity index (χ3n) is 5.77. The van der Waals surface area contributed by atoms with E-state index in [2.05, 4.69) is 9.89 Å². The van der Waals surface area contributed by atoms with Crippen LogP contribution in [0.5, 0.6) is 0 Å². The van der Waals surface area contributed by atoms with Crippen molar-refractivity contribution in [1.29, 1.82) is 0 Å². The smallest absolute Gasteiger partial charge is 0.370 e. The summed E-state index contributed by atoms with van der Waals surface area (Å²) in [5, 5.41) is 0. The Morgan fingerprint density at radius 3 is 2.39 bits per heavy atom. The first kappa shape index (κ1) is 27.6. The number of benzene rings is 2. The van der Waals surface area contributed by atoms with Crippen molar-refractivity contribution in [3.8, 4) is 0 Å². The lowest BCUT2D eigenvalue weighted by molar-refractivity contribution is -0.140. The Kier molecular flexibility index (Phi) is 8.75. The second-order valence-electron chi connectivity index (χ2n) is 8.45. The second kappa shape index (κ2) is 11.4. The minimum Gasteiger partial charge on any atom is -0.370 e. The summed E-state index contributed by atoms with van der Waals surface area (Å²) in [6, 6.07) is 11.8. The molecule has 0 saturated carbocycles. The molecule has 0 aromatic heterocycles. The van der Waals surface area contributed by atoms with Crippen LogP contribution in [0.2, 0.25) is 0 Å². The number of ether oxygens (including phenoxy) is 1. The zero-order valence-corrected chi connectivity index (χ0v) is 21.1. The van der Waals surface area contributed by atoms with Crippen LogP contribution in [-0.2, 0) is 32.3 Å². The van der Waals surface area contributed by atoms with Gasteiger partial charge in [0, 0.05) is 46.3 Å². The van der Waals surface area contributed by atoms with Crippen molar-refractivity contribution in [1.82, 2.24) is 14.1 Å². The van der Waals surface area contributed by atoms with E-state index in [4.69, 9.17) is 4.74 Å². The Bertz CT molecular complexity index is 1200. The van der Waals surface area contributed by atoms with Gasteiger partial charge < -0.3 is 14.5 Å². The van der Waals surface area contributed by atoms with Crippen molar-refractivity contribution in [2.45, 2.75) is 17.6 Å². The van der Waals surface area contributed by atoms with Gasteiger partial charge >= 0.3 is 6.18 Å². The number of amidine groups is 1. The molecule has 0 unspecified atom stereocenters. The topological polar surface area (TPSA) is 82.5 Å². The second-order valence-corrected chi connectivity index (χ2v) is 10.5. The maximum atomic E-state index is 13.2. The molecule has 1 amide bonds. The van der Waals surface area contributed by atoms with Gasteiger partial charge in [-0.05, 0) is 17.7 Å². The van der Waals surface area contributed by atoms with Gasteiger partial charge in [-0.15, -0.1) is 0 Å². The third-order valence-corrected chi connectivity index (χ3v) is 7.69. The van der Waals surface area contributed by atoms with E-state index in [0.717, 1.165) is 52.6 Å². The van der Waals surface area contributed by atoms with Crippen molar-refractivity contribution in [3.63, 3.8) is 0 Å². The van der Waals surface area contributed by atoms with Crippen molar-refractivity contribution < 1.29 is 31.1 Å². The Hall–Kier alpha value is -2.96. The molecule has 0 radical (unpaired) electrons. The molecule has 1 heterocycles. The minimum absolute atomic E-state index is 0.159. The van der Waals surface area contributed by atoms with Gasteiger partial charge in [0.1, 0.15) is 12.4 Å². The molecule has 0 saturated heterocycles. The number of aliphatic imine (C=N–C) groups is 1. The monoisotopic (exact) mass is 526 g/mol. The summed E-state index contributed by atoms with van der Waals surface area (Å²) in [6.45, 7) is 1.35. The molecule has 0 N–H and O–H groups in total. The number of halogens is 3. The van der Waals surface area contributed by atoms with E-state index >= 15 is 0 Å². The van der Waals surface area contributed by atoms with Crippen molar-refractivity contribution in [2.75, 3.05) is 54.0 Å². The fraction of sp³-hybridized carbons (Fsp3) is 0.417. The molecule has 36 heavy (non-hydrogen) atoms. The van der Waals surface area contributed by atoms with Crippen molar-refractivity contribution in [2.24, 2.45) is 4.99 Å². The summed E-state index contributed by atoms with van der Waals surface area (Å²) in [5.74, 6) is 0.625. The predicted molar refractivity (Wildman–Crippen MR) is 129 cm³/mol. The lowest BCUT2D eigenvalue weighted by Crippen LogP contribution is -2.34. The van der Waals surface area contributed by atoms with Crippen LogP contribution in [0, 0.1) is 0 Å². The van der Waals surface area contributed by atoms with Crippen molar-refractivity contribution in [3.05, 3.63) is 65.2 Å². The summed E-state index contributed by atoms with van der Waals surface area (Å²) in [4.78, 5) is 19.6. The van der Waals surface area contributed by atoms with E-state index in [0.29, 0.717) is 6.54 Å². The first-order chi connectivity index (χ1) is 16.9. The Balaban J connectivity index is 1.48. The van der Waals surface area contributed by atoms with Crippen LogP contribution in [0.25, 0.3) is 0 Å². The molecular weight excluding hydrogens is 497 g/mol. The summed E-state index contributed by atoms with van der Waals surface area (Å²) in [6.07, 6.45) is -4.81. The molecule has 0 atom stereocenters. The van der Waals surface area contributed by atoms with Gasteiger partial charge in [0.15, 0.2) is 0 Å². The van der Waals surface area contributed by atoms with Crippen molar-refractivity contribution >= 4 is 21.8 Å². The highest BCUT2D eigenvalue weighted by Crippen LogP contribution is 2.34. The van der Waals surface area contributed by atoms with Crippen LogP contribution in [0.3, 0.4) is 0 Å². The molecule has 3 rings (SSSR count). The summed E-state index contributed by atoms with van der Waals surface area (Å²) in [5.41, 5.74) is 0.698. The number of hydrogen-bond donors (Lipinski definition) is 0. The van der Waals surface area contributed by atoms with Crippen LogP contribution < -0.4 is 0 Å². The van der Waals surface area contributed by atoms with E-state index in [-0.39, 0.29) is 25.7 Å². The number of rotatable bonds is 10. The highest BCUT2D eigenvalue weighted by molar-refractivity contribution is 7.89. The average molecular weight is 527 g/mol. The molecule has 2 aromatic rings. The SMILES string of the molecule is CN(Cc1ccc(C2=NCCN2C)cc1)C(=O)COCCN(C)S(=O)(=O)c1ccccc1C(F)(F)F. The normalized spacial score (nSPS) is 14.3. The Morgan fingerprint density at radius 2 is 1.78 bits per heavy atom. The fourth-order valence-corrected chi connectivity index (χ4v) is 5.00. The molecule has 1 aliphatic rings. The van der Waals surface area contributed by atoms with E-state index in [1.54, 1.807) is 7.05 Å². The van der Waals surface area contributed by atoms with Crippen LogP contribution in [0.15, 0.2) is 58.4 Å². The highest BCUT2D eigenvalue weighted by Gasteiger charge is 2.38. The molecule has 0 bridgehead atoms. The lowest BCUT2D eigenvalue weighted by atomic mass is 10.1. The number of carbonyl (C=O) groups is 1. The van der Waals surface area contributed by atoms with Gasteiger partial charge in [-0.3, -0.25) is 9.79 Å². The largest absolute Gasteiger partial charge is 0.417 e. The maximum absolute atomic E-state index is 13.2. The first-order valence-corrected chi connectivity index (χ1v) is 12.6. The summed E-state index contributed by atoms with van der Waals surface area (Å²) < 4.78 is 71.0. The molecule has 0 aliphatic carbocycles. The number of amides is 1. The fourth-order valence-electron chi connectivity index (χ4n) is 3.64. The molecule has 0 spiro atoms. The number of alkyl halides is 3. The minimum atomic E-state index is -4.81. The zero-order valence-electron chi connectivity index (χ0n) is 20.3. The van der Waals surface area contributed by atoms with E-state index < -0.39 is 26.7 Å². The van der Waals surface area contributed by atoms with E-state index in [1.807, 2.05) is 31.3 Å². The standard InChI is InChI=1S/C24H29F3N4O4S/c1-29-13-12-28-23(29)19-10-8-18(9-11-19)16-30(2)22(32)17-35-15-14-31(3)36(33,34)21-7-5-4-6-20(21)24(25,26)27/h4-11H,12-17H2,1-3H3. The number of nitrogens with zero attached hydrogens (tertiary/aromatic N) is 4. The van der Waals surface area contributed by atoms with Gasteiger partial charge in [0.2, 0.25) is 15.9 Å². The van der Waals surface area contributed by atoms with Gasteiger partial charge in [-0.2, -0.15) is 17.5 Å².